The van der Waals surface area contributed by atoms with Crippen molar-refractivity contribution in [2.45, 2.75) is 26.9 Å². The molecule has 1 aromatic heterocycles. The second-order valence-electron chi connectivity index (χ2n) is 2.06. The minimum atomic E-state index is -0.419. The summed E-state index contributed by atoms with van der Waals surface area (Å²) in [5.74, 6) is 0. The molecule has 0 amide bonds. The Hall–Kier alpha value is -0.830. The number of nitrogens with zero attached hydrogens (tertiary/aromatic N) is 2. The molecule has 0 aliphatic rings. The third kappa shape index (κ3) is 2.72. The Morgan fingerprint density at radius 1 is 1.55 bits per heavy atom. The van der Waals surface area contributed by atoms with Gasteiger partial charge in [-0.05, 0) is 13.0 Å². The standard InChI is InChI=1S/C6H10N2O.C2H6/c1-5(9)6-3-4-7-8(6)2;1-2/h3-5,9H,1-2H3;1-2H3. The first-order valence-corrected chi connectivity index (χ1v) is 3.88. The van der Waals surface area contributed by atoms with E-state index in [1.807, 2.05) is 20.9 Å². The molecule has 0 aliphatic heterocycles. The minimum Gasteiger partial charge on any atom is -0.387 e. The Balaban J connectivity index is 0.000000461. The van der Waals surface area contributed by atoms with E-state index in [4.69, 9.17) is 5.11 Å². The zero-order chi connectivity index (χ0) is 8.85. The summed E-state index contributed by atoms with van der Waals surface area (Å²) in [7, 11) is 1.81. The van der Waals surface area contributed by atoms with Crippen LogP contribution in [0.2, 0.25) is 0 Å². The van der Waals surface area contributed by atoms with Crippen LogP contribution < -0.4 is 0 Å². The summed E-state index contributed by atoms with van der Waals surface area (Å²) >= 11 is 0. The van der Waals surface area contributed by atoms with Gasteiger partial charge in [-0.25, -0.2) is 0 Å². The van der Waals surface area contributed by atoms with Crippen molar-refractivity contribution < 1.29 is 5.11 Å². The van der Waals surface area contributed by atoms with Crippen molar-refractivity contribution in [2.24, 2.45) is 7.05 Å². The first-order valence-electron chi connectivity index (χ1n) is 3.88. The average molecular weight is 156 g/mol. The molecular weight excluding hydrogens is 140 g/mol. The molecule has 1 N–H and O–H groups in total. The number of aliphatic hydroxyl groups excluding tert-OH is 1. The van der Waals surface area contributed by atoms with Crippen LogP contribution in [0.4, 0.5) is 0 Å². The molecule has 1 unspecified atom stereocenters. The van der Waals surface area contributed by atoms with E-state index in [-0.39, 0.29) is 0 Å². The van der Waals surface area contributed by atoms with E-state index in [1.54, 1.807) is 23.9 Å². The SMILES string of the molecule is CC.CC(O)c1ccnn1C. The molecule has 1 aromatic rings. The van der Waals surface area contributed by atoms with Gasteiger partial charge in [0.15, 0.2) is 0 Å². The molecule has 1 rings (SSSR count). The van der Waals surface area contributed by atoms with Crippen molar-refractivity contribution in [2.75, 3.05) is 0 Å². The molecule has 0 radical (unpaired) electrons. The second-order valence-corrected chi connectivity index (χ2v) is 2.06. The maximum Gasteiger partial charge on any atom is 0.0928 e. The number of hydrogen-bond acceptors (Lipinski definition) is 2. The monoisotopic (exact) mass is 156 g/mol. The Morgan fingerprint density at radius 2 is 2.09 bits per heavy atom. The van der Waals surface area contributed by atoms with Crippen LogP contribution in [0.5, 0.6) is 0 Å². The topological polar surface area (TPSA) is 38.1 Å². The van der Waals surface area contributed by atoms with Crippen molar-refractivity contribution in [3.8, 4) is 0 Å². The Morgan fingerprint density at radius 3 is 2.27 bits per heavy atom. The summed E-state index contributed by atoms with van der Waals surface area (Å²) in [6, 6.07) is 1.80. The van der Waals surface area contributed by atoms with Gasteiger partial charge in [0, 0.05) is 13.2 Å². The zero-order valence-electron chi connectivity index (χ0n) is 7.57. The highest BCUT2D eigenvalue weighted by Gasteiger charge is 2.02. The molecule has 0 fully saturated rings. The van der Waals surface area contributed by atoms with Crippen molar-refractivity contribution in [3.05, 3.63) is 18.0 Å². The van der Waals surface area contributed by atoms with E-state index in [0.29, 0.717) is 0 Å². The van der Waals surface area contributed by atoms with Crippen molar-refractivity contribution in [1.82, 2.24) is 9.78 Å². The quantitative estimate of drug-likeness (QED) is 0.669. The van der Waals surface area contributed by atoms with Crippen LogP contribution in [-0.2, 0) is 7.05 Å². The van der Waals surface area contributed by atoms with Crippen molar-refractivity contribution >= 4 is 0 Å². The number of aryl methyl sites for hydroxylation is 1. The lowest BCUT2D eigenvalue weighted by Gasteiger charge is -2.02. The molecular formula is C8H16N2O. The molecule has 1 heterocycles. The number of rotatable bonds is 1. The van der Waals surface area contributed by atoms with Crippen LogP contribution in [0.1, 0.15) is 32.6 Å². The summed E-state index contributed by atoms with van der Waals surface area (Å²) in [4.78, 5) is 0. The highest BCUT2D eigenvalue weighted by Crippen LogP contribution is 2.07. The van der Waals surface area contributed by atoms with Crippen LogP contribution in [-0.4, -0.2) is 14.9 Å². The van der Waals surface area contributed by atoms with Gasteiger partial charge in [0.1, 0.15) is 0 Å². The Kier molecular flexibility index (Phi) is 4.54. The molecule has 64 valence electrons. The largest absolute Gasteiger partial charge is 0.387 e. The summed E-state index contributed by atoms with van der Waals surface area (Å²) in [6.45, 7) is 5.72. The van der Waals surface area contributed by atoms with Gasteiger partial charge in [-0.15, -0.1) is 0 Å². The summed E-state index contributed by atoms with van der Waals surface area (Å²) in [6.07, 6.45) is 1.25. The normalized spacial score (nSPS) is 11.7. The lowest BCUT2D eigenvalue weighted by molar-refractivity contribution is 0.189. The van der Waals surface area contributed by atoms with Crippen LogP contribution in [0.25, 0.3) is 0 Å². The van der Waals surface area contributed by atoms with E-state index >= 15 is 0 Å². The second kappa shape index (κ2) is 4.91. The van der Waals surface area contributed by atoms with Crippen LogP contribution in [0, 0.1) is 0 Å². The molecule has 0 saturated carbocycles. The maximum atomic E-state index is 9.03. The van der Waals surface area contributed by atoms with Gasteiger partial charge in [0.2, 0.25) is 0 Å². The van der Waals surface area contributed by atoms with Gasteiger partial charge in [-0.1, -0.05) is 13.8 Å². The molecule has 3 heteroatoms. The minimum absolute atomic E-state index is 0.419. The molecule has 3 nitrogen and oxygen atoms in total. The van der Waals surface area contributed by atoms with E-state index < -0.39 is 6.10 Å². The van der Waals surface area contributed by atoms with Crippen molar-refractivity contribution in [1.29, 1.82) is 0 Å². The number of aromatic nitrogens is 2. The maximum absolute atomic E-state index is 9.03. The predicted molar refractivity (Wildman–Crippen MR) is 45.2 cm³/mol. The van der Waals surface area contributed by atoms with Crippen molar-refractivity contribution in [3.63, 3.8) is 0 Å². The van der Waals surface area contributed by atoms with Gasteiger partial charge in [-0.2, -0.15) is 5.10 Å². The molecule has 0 saturated heterocycles. The van der Waals surface area contributed by atoms with Gasteiger partial charge in [-0.3, -0.25) is 4.68 Å². The Bertz CT molecular complexity index is 194. The van der Waals surface area contributed by atoms with Crippen LogP contribution in [0.3, 0.4) is 0 Å². The summed E-state index contributed by atoms with van der Waals surface area (Å²) < 4.78 is 1.66. The van der Waals surface area contributed by atoms with Crippen LogP contribution >= 0.6 is 0 Å². The third-order valence-corrected chi connectivity index (χ3v) is 1.29. The lowest BCUT2D eigenvalue weighted by Crippen LogP contribution is -2.00. The Labute approximate surface area is 67.7 Å². The fourth-order valence-electron chi connectivity index (χ4n) is 0.794. The fraction of sp³-hybridized carbons (Fsp3) is 0.625. The molecule has 11 heavy (non-hydrogen) atoms. The van der Waals surface area contributed by atoms with E-state index in [1.165, 1.54) is 0 Å². The first-order chi connectivity index (χ1) is 5.22. The molecule has 0 aromatic carbocycles. The lowest BCUT2D eigenvalue weighted by atomic mass is 10.3. The average Bonchev–Trinajstić information content (AvgIpc) is 2.39. The van der Waals surface area contributed by atoms with Gasteiger partial charge >= 0.3 is 0 Å². The molecule has 0 aliphatic carbocycles. The fourth-order valence-corrected chi connectivity index (χ4v) is 0.794. The van der Waals surface area contributed by atoms with Gasteiger partial charge in [0.05, 0.1) is 11.8 Å². The van der Waals surface area contributed by atoms with Gasteiger partial charge < -0.3 is 5.11 Å². The highest BCUT2D eigenvalue weighted by atomic mass is 16.3. The molecule has 1 atom stereocenters. The smallest absolute Gasteiger partial charge is 0.0928 e. The third-order valence-electron chi connectivity index (χ3n) is 1.29. The molecule has 0 bridgehead atoms. The summed E-state index contributed by atoms with van der Waals surface area (Å²) in [5.41, 5.74) is 0.843. The number of hydrogen-bond donors (Lipinski definition) is 1. The van der Waals surface area contributed by atoms with Gasteiger partial charge in [0.25, 0.3) is 0 Å². The van der Waals surface area contributed by atoms with E-state index in [0.717, 1.165) is 5.69 Å². The highest BCUT2D eigenvalue weighted by molar-refractivity contribution is 5.02. The predicted octanol–water partition coefficient (Wildman–Crippen LogP) is 1.50. The zero-order valence-corrected chi connectivity index (χ0v) is 7.57. The van der Waals surface area contributed by atoms with E-state index in [9.17, 15) is 0 Å². The molecule has 0 spiro atoms. The van der Waals surface area contributed by atoms with Crippen LogP contribution in [0.15, 0.2) is 12.3 Å². The number of aliphatic hydroxyl groups is 1. The van der Waals surface area contributed by atoms with E-state index in [2.05, 4.69) is 5.10 Å². The summed E-state index contributed by atoms with van der Waals surface area (Å²) in [5, 5.41) is 12.9. The first kappa shape index (κ1) is 10.2.